The molecule has 4 heteroatoms. The Morgan fingerprint density at radius 2 is 2.06 bits per heavy atom. The number of aromatic amines is 1. The molecule has 2 rings (SSSR count). The van der Waals surface area contributed by atoms with Crippen molar-refractivity contribution in [3.8, 4) is 0 Å². The summed E-state index contributed by atoms with van der Waals surface area (Å²) in [5.41, 5.74) is 1.15. The Hall–Kier alpha value is -0.610. The third kappa shape index (κ3) is 2.74. The van der Waals surface area contributed by atoms with E-state index in [-0.39, 0.29) is 0 Å². The zero-order valence-electron chi connectivity index (χ0n) is 10.2. The molecule has 1 saturated heterocycles. The summed E-state index contributed by atoms with van der Waals surface area (Å²) in [5.74, 6) is 0. The van der Waals surface area contributed by atoms with E-state index in [9.17, 15) is 0 Å². The first kappa shape index (κ1) is 11.9. The fourth-order valence-electron chi connectivity index (χ4n) is 2.46. The Morgan fingerprint density at radius 1 is 1.38 bits per heavy atom. The van der Waals surface area contributed by atoms with E-state index in [1.54, 1.807) is 0 Å². The molecule has 0 aliphatic carbocycles. The second-order valence-electron chi connectivity index (χ2n) is 4.86. The molecular formula is C12H21N3S. The average molecular weight is 239 g/mol. The highest BCUT2D eigenvalue weighted by Crippen LogP contribution is 2.14. The van der Waals surface area contributed by atoms with Crippen molar-refractivity contribution >= 4 is 12.2 Å². The summed E-state index contributed by atoms with van der Waals surface area (Å²) in [5, 5.41) is 0. The van der Waals surface area contributed by atoms with Gasteiger partial charge in [0.2, 0.25) is 0 Å². The lowest BCUT2D eigenvalue weighted by Crippen LogP contribution is -2.34. The molecule has 0 saturated carbocycles. The van der Waals surface area contributed by atoms with Crippen LogP contribution in [-0.4, -0.2) is 34.1 Å². The van der Waals surface area contributed by atoms with Crippen LogP contribution in [0.5, 0.6) is 0 Å². The van der Waals surface area contributed by atoms with Crippen molar-refractivity contribution in [3.63, 3.8) is 0 Å². The molecule has 1 aliphatic rings. The molecule has 1 N–H and O–H groups in total. The van der Waals surface area contributed by atoms with E-state index in [4.69, 9.17) is 12.2 Å². The van der Waals surface area contributed by atoms with Crippen molar-refractivity contribution in [2.24, 2.45) is 0 Å². The minimum absolute atomic E-state index is 0.468. The molecule has 0 bridgehead atoms. The Kier molecular flexibility index (Phi) is 3.82. The molecule has 0 aromatic carbocycles. The summed E-state index contributed by atoms with van der Waals surface area (Å²) < 4.78 is 3.03. The zero-order chi connectivity index (χ0) is 11.5. The van der Waals surface area contributed by atoms with Crippen LogP contribution < -0.4 is 0 Å². The Labute approximate surface area is 102 Å². The summed E-state index contributed by atoms with van der Waals surface area (Å²) in [6.07, 6.45) is 6.22. The highest BCUT2D eigenvalue weighted by molar-refractivity contribution is 7.71. The molecule has 1 aromatic heterocycles. The molecule has 2 heterocycles. The summed E-state index contributed by atoms with van der Waals surface area (Å²) in [6, 6.07) is 0.468. The van der Waals surface area contributed by atoms with Gasteiger partial charge in [-0.1, -0.05) is 6.42 Å². The highest BCUT2D eigenvalue weighted by atomic mass is 32.1. The first-order valence-electron chi connectivity index (χ1n) is 6.17. The van der Waals surface area contributed by atoms with Crippen LogP contribution >= 0.6 is 12.2 Å². The van der Waals surface area contributed by atoms with Crippen molar-refractivity contribution in [3.05, 3.63) is 16.7 Å². The average Bonchev–Trinajstić information content (AvgIpc) is 2.59. The maximum absolute atomic E-state index is 5.31. The lowest BCUT2D eigenvalue weighted by Gasteiger charge is -2.29. The van der Waals surface area contributed by atoms with Gasteiger partial charge >= 0.3 is 0 Å². The fraction of sp³-hybridized carbons (Fsp3) is 0.750. The maximum Gasteiger partial charge on any atom is 0.177 e. The number of nitrogens with one attached hydrogen (secondary N) is 1. The predicted octanol–water partition coefficient (Wildman–Crippen LogP) is 2.90. The quantitative estimate of drug-likeness (QED) is 0.820. The summed E-state index contributed by atoms with van der Waals surface area (Å²) in [7, 11) is 0. The number of likely N-dealkylation sites (tertiary alicyclic amines) is 1. The molecule has 1 fully saturated rings. The van der Waals surface area contributed by atoms with Gasteiger partial charge in [-0.15, -0.1) is 0 Å². The molecule has 1 aromatic rings. The van der Waals surface area contributed by atoms with Gasteiger partial charge in [-0.05, 0) is 52.0 Å². The molecule has 3 nitrogen and oxygen atoms in total. The van der Waals surface area contributed by atoms with Crippen LogP contribution in [0.4, 0.5) is 0 Å². The molecule has 0 spiro atoms. The van der Waals surface area contributed by atoms with Crippen LogP contribution in [0.1, 0.15) is 37.9 Å². The summed E-state index contributed by atoms with van der Waals surface area (Å²) in [4.78, 5) is 5.74. The van der Waals surface area contributed by atoms with Gasteiger partial charge in [0.25, 0.3) is 0 Å². The molecular weight excluding hydrogens is 218 g/mol. The molecule has 90 valence electrons. The summed E-state index contributed by atoms with van der Waals surface area (Å²) >= 11 is 5.31. The molecule has 0 amide bonds. The standard InChI is InChI=1S/C12H21N3S/c1-10-8-15(12(16)13-10)11(2)9-14-6-4-3-5-7-14/h8,11H,3-7,9H2,1-2H3,(H,13,16). The number of hydrogen-bond donors (Lipinski definition) is 1. The van der Waals surface area contributed by atoms with Crippen molar-refractivity contribution in [2.45, 2.75) is 39.2 Å². The van der Waals surface area contributed by atoms with Crippen LogP contribution in [0, 0.1) is 11.7 Å². The van der Waals surface area contributed by atoms with Gasteiger partial charge in [-0.3, -0.25) is 0 Å². The number of piperidine rings is 1. The Bertz CT molecular complexity index is 387. The number of rotatable bonds is 3. The zero-order valence-corrected chi connectivity index (χ0v) is 11.0. The fourth-order valence-corrected chi connectivity index (χ4v) is 2.86. The van der Waals surface area contributed by atoms with E-state index in [0.717, 1.165) is 17.0 Å². The third-order valence-electron chi connectivity index (χ3n) is 3.32. The van der Waals surface area contributed by atoms with Gasteiger partial charge in [0, 0.05) is 24.5 Å². The van der Waals surface area contributed by atoms with E-state index in [2.05, 4.69) is 34.5 Å². The Morgan fingerprint density at radius 3 is 2.62 bits per heavy atom. The van der Waals surface area contributed by atoms with Crippen molar-refractivity contribution in [1.29, 1.82) is 0 Å². The number of hydrogen-bond acceptors (Lipinski definition) is 2. The minimum Gasteiger partial charge on any atom is -0.335 e. The SMILES string of the molecule is Cc1cn(C(C)CN2CCCCC2)c(=S)[nH]1. The topological polar surface area (TPSA) is 24.0 Å². The van der Waals surface area contributed by atoms with Crippen LogP contribution in [0.15, 0.2) is 6.20 Å². The summed E-state index contributed by atoms with van der Waals surface area (Å²) in [6.45, 7) is 7.92. The van der Waals surface area contributed by atoms with Crippen molar-refractivity contribution in [2.75, 3.05) is 19.6 Å². The molecule has 1 atom stereocenters. The van der Waals surface area contributed by atoms with Crippen LogP contribution in [0.25, 0.3) is 0 Å². The monoisotopic (exact) mass is 239 g/mol. The number of nitrogens with zero attached hydrogens (tertiary/aromatic N) is 2. The number of imidazole rings is 1. The third-order valence-corrected chi connectivity index (χ3v) is 3.63. The second-order valence-corrected chi connectivity index (χ2v) is 5.25. The normalized spacial score (nSPS) is 19.9. The number of H-pyrrole nitrogens is 1. The van der Waals surface area contributed by atoms with Gasteiger partial charge in [-0.25, -0.2) is 0 Å². The predicted molar refractivity (Wildman–Crippen MR) is 69.4 cm³/mol. The van der Waals surface area contributed by atoms with Gasteiger partial charge in [0.1, 0.15) is 0 Å². The smallest absolute Gasteiger partial charge is 0.177 e. The van der Waals surface area contributed by atoms with Gasteiger partial charge < -0.3 is 14.5 Å². The highest BCUT2D eigenvalue weighted by Gasteiger charge is 2.14. The number of aryl methyl sites for hydroxylation is 1. The first-order chi connectivity index (χ1) is 7.66. The van der Waals surface area contributed by atoms with E-state index < -0.39 is 0 Å². The second kappa shape index (κ2) is 5.15. The van der Waals surface area contributed by atoms with Gasteiger partial charge in [0.15, 0.2) is 4.77 Å². The lowest BCUT2D eigenvalue weighted by molar-refractivity contribution is 0.201. The van der Waals surface area contributed by atoms with Crippen molar-refractivity contribution in [1.82, 2.24) is 14.5 Å². The van der Waals surface area contributed by atoms with Crippen LogP contribution in [-0.2, 0) is 0 Å². The van der Waals surface area contributed by atoms with E-state index >= 15 is 0 Å². The van der Waals surface area contributed by atoms with E-state index in [1.807, 2.05) is 0 Å². The lowest BCUT2D eigenvalue weighted by atomic mass is 10.1. The minimum atomic E-state index is 0.468. The largest absolute Gasteiger partial charge is 0.335 e. The first-order valence-corrected chi connectivity index (χ1v) is 6.58. The number of aromatic nitrogens is 2. The molecule has 16 heavy (non-hydrogen) atoms. The van der Waals surface area contributed by atoms with Crippen molar-refractivity contribution < 1.29 is 0 Å². The molecule has 1 aliphatic heterocycles. The van der Waals surface area contributed by atoms with Crippen LogP contribution in [0.3, 0.4) is 0 Å². The Balaban J connectivity index is 1.99. The maximum atomic E-state index is 5.31. The van der Waals surface area contributed by atoms with Gasteiger partial charge in [0.05, 0.1) is 0 Å². The van der Waals surface area contributed by atoms with E-state index in [0.29, 0.717) is 6.04 Å². The van der Waals surface area contributed by atoms with Gasteiger partial charge in [-0.2, -0.15) is 0 Å². The van der Waals surface area contributed by atoms with E-state index in [1.165, 1.54) is 32.4 Å². The van der Waals surface area contributed by atoms with Crippen LogP contribution in [0.2, 0.25) is 0 Å². The molecule has 0 radical (unpaired) electrons. The molecule has 1 unspecified atom stereocenters.